The fourth-order valence-electron chi connectivity index (χ4n) is 1.88. The molecule has 4 heteroatoms. The lowest BCUT2D eigenvalue weighted by Crippen LogP contribution is -2.42. The van der Waals surface area contributed by atoms with E-state index in [0.717, 1.165) is 5.69 Å². The number of aliphatic hydroxyl groups is 2. The van der Waals surface area contributed by atoms with Gasteiger partial charge in [0.25, 0.3) is 0 Å². The predicted molar refractivity (Wildman–Crippen MR) is 68.0 cm³/mol. The van der Waals surface area contributed by atoms with Gasteiger partial charge < -0.3 is 15.1 Å². The molecule has 0 amide bonds. The Kier molecular flexibility index (Phi) is 4.09. The van der Waals surface area contributed by atoms with Crippen LogP contribution in [0.5, 0.6) is 0 Å². The number of hydrogen-bond acceptors (Lipinski definition) is 4. The van der Waals surface area contributed by atoms with Crippen molar-refractivity contribution >= 4 is 17.4 Å². The van der Waals surface area contributed by atoms with Crippen molar-refractivity contribution in [1.29, 1.82) is 0 Å². The summed E-state index contributed by atoms with van der Waals surface area (Å²) >= 11 is 1.62. The summed E-state index contributed by atoms with van der Waals surface area (Å²) in [5.41, 5.74) is 1.06. The smallest absolute Gasteiger partial charge is 0.0805 e. The molecule has 2 unspecified atom stereocenters. The number of para-hydroxylation sites is 1. The molecule has 1 aromatic rings. The maximum absolute atomic E-state index is 9.79. The fourth-order valence-corrected chi connectivity index (χ4v) is 2.77. The molecule has 0 aliphatic carbocycles. The Morgan fingerprint density at radius 3 is 2.12 bits per heavy atom. The van der Waals surface area contributed by atoms with Crippen LogP contribution in [0.3, 0.4) is 0 Å². The van der Waals surface area contributed by atoms with E-state index in [1.165, 1.54) is 0 Å². The van der Waals surface area contributed by atoms with Crippen molar-refractivity contribution < 1.29 is 10.2 Å². The van der Waals surface area contributed by atoms with Gasteiger partial charge in [-0.05, 0) is 12.1 Å². The molecule has 0 radical (unpaired) electrons. The van der Waals surface area contributed by atoms with Gasteiger partial charge in [0, 0.05) is 30.3 Å². The van der Waals surface area contributed by atoms with Crippen molar-refractivity contribution in [1.82, 2.24) is 0 Å². The maximum Gasteiger partial charge on any atom is 0.0805 e. The third kappa shape index (κ3) is 3.14. The van der Waals surface area contributed by atoms with E-state index in [1.54, 1.807) is 11.8 Å². The molecular formula is C12H17NO2S. The monoisotopic (exact) mass is 239 g/mol. The third-order valence-corrected chi connectivity index (χ3v) is 3.85. The Hall–Kier alpha value is -0.710. The van der Waals surface area contributed by atoms with E-state index in [1.807, 2.05) is 30.3 Å². The van der Waals surface area contributed by atoms with Crippen LogP contribution in [0.4, 0.5) is 5.69 Å². The average molecular weight is 239 g/mol. The average Bonchev–Trinajstić information content (AvgIpc) is 2.27. The number of nitrogens with zero attached hydrogens (tertiary/aromatic N) is 1. The number of hydrogen-bond donors (Lipinski definition) is 2. The van der Waals surface area contributed by atoms with Gasteiger partial charge in [-0.3, -0.25) is 0 Å². The van der Waals surface area contributed by atoms with Gasteiger partial charge in [-0.2, -0.15) is 11.8 Å². The molecule has 0 bridgehead atoms. The normalized spacial score (nSPS) is 27.2. The second-order valence-electron chi connectivity index (χ2n) is 4.09. The van der Waals surface area contributed by atoms with Gasteiger partial charge in [0.2, 0.25) is 0 Å². The molecule has 0 saturated carbocycles. The molecule has 0 spiro atoms. The molecular weight excluding hydrogens is 222 g/mol. The molecule has 1 heterocycles. The summed E-state index contributed by atoms with van der Waals surface area (Å²) in [7, 11) is 0. The molecule has 2 rings (SSSR count). The summed E-state index contributed by atoms with van der Waals surface area (Å²) in [6, 6.07) is 9.93. The quantitative estimate of drug-likeness (QED) is 0.766. The molecule has 16 heavy (non-hydrogen) atoms. The van der Waals surface area contributed by atoms with E-state index in [0.29, 0.717) is 24.6 Å². The van der Waals surface area contributed by atoms with Crippen LogP contribution in [0.15, 0.2) is 30.3 Å². The SMILES string of the molecule is OC1CSCC(O)CN(c2ccccc2)C1. The summed E-state index contributed by atoms with van der Waals surface area (Å²) in [4.78, 5) is 2.05. The van der Waals surface area contributed by atoms with Crippen LogP contribution in [0.1, 0.15) is 0 Å². The minimum Gasteiger partial charge on any atom is -0.390 e. The molecule has 1 aliphatic heterocycles. The number of β-amino-alcohol motifs (C(OH)–C–C–N with tert-alkyl or cyclic N) is 2. The molecule has 0 aromatic heterocycles. The first-order chi connectivity index (χ1) is 7.75. The summed E-state index contributed by atoms with van der Waals surface area (Å²) in [6.07, 6.45) is -0.643. The highest BCUT2D eigenvalue weighted by Gasteiger charge is 2.19. The predicted octanol–water partition coefficient (Wildman–Crippen LogP) is 0.962. The van der Waals surface area contributed by atoms with Crippen LogP contribution in [-0.4, -0.2) is 47.0 Å². The van der Waals surface area contributed by atoms with Crippen LogP contribution in [0, 0.1) is 0 Å². The van der Waals surface area contributed by atoms with Crippen molar-refractivity contribution in [3.63, 3.8) is 0 Å². The van der Waals surface area contributed by atoms with E-state index in [2.05, 4.69) is 4.90 Å². The van der Waals surface area contributed by atoms with Crippen LogP contribution < -0.4 is 4.90 Å². The highest BCUT2D eigenvalue weighted by molar-refractivity contribution is 7.99. The summed E-state index contributed by atoms with van der Waals surface area (Å²) in [6.45, 7) is 1.18. The lowest BCUT2D eigenvalue weighted by molar-refractivity contribution is 0.177. The number of anilines is 1. The van der Waals surface area contributed by atoms with E-state index in [9.17, 15) is 10.2 Å². The van der Waals surface area contributed by atoms with E-state index in [4.69, 9.17) is 0 Å². The Labute approximate surface area is 100 Å². The van der Waals surface area contributed by atoms with Crippen LogP contribution in [0.2, 0.25) is 0 Å². The first kappa shape index (κ1) is 11.8. The molecule has 2 N–H and O–H groups in total. The topological polar surface area (TPSA) is 43.7 Å². The highest BCUT2D eigenvalue weighted by Crippen LogP contribution is 2.18. The second-order valence-corrected chi connectivity index (χ2v) is 5.16. The van der Waals surface area contributed by atoms with Gasteiger partial charge in [-0.25, -0.2) is 0 Å². The first-order valence-corrected chi connectivity index (χ1v) is 6.65. The van der Waals surface area contributed by atoms with Crippen molar-refractivity contribution in [2.45, 2.75) is 12.2 Å². The standard InChI is InChI=1S/C12H17NO2S/c14-11-6-13(7-12(15)9-16-8-11)10-4-2-1-3-5-10/h1-5,11-12,14-15H,6-9H2. The molecule has 1 fully saturated rings. The van der Waals surface area contributed by atoms with Gasteiger partial charge in [-0.15, -0.1) is 0 Å². The molecule has 1 aliphatic rings. The first-order valence-electron chi connectivity index (χ1n) is 5.49. The zero-order valence-electron chi connectivity index (χ0n) is 9.12. The number of rotatable bonds is 1. The van der Waals surface area contributed by atoms with Crippen LogP contribution in [-0.2, 0) is 0 Å². The zero-order chi connectivity index (χ0) is 11.4. The minimum absolute atomic E-state index is 0.322. The van der Waals surface area contributed by atoms with Crippen molar-refractivity contribution in [3.05, 3.63) is 30.3 Å². The largest absolute Gasteiger partial charge is 0.390 e. The van der Waals surface area contributed by atoms with Gasteiger partial charge in [-0.1, -0.05) is 18.2 Å². The number of benzene rings is 1. The van der Waals surface area contributed by atoms with E-state index >= 15 is 0 Å². The minimum atomic E-state index is -0.322. The molecule has 1 aromatic carbocycles. The Bertz CT molecular complexity index is 308. The highest BCUT2D eigenvalue weighted by atomic mass is 32.2. The van der Waals surface area contributed by atoms with Crippen molar-refractivity contribution in [2.24, 2.45) is 0 Å². The van der Waals surface area contributed by atoms with Crippen molar-refractivity contribution in [3.8, 4) is 0 Å². The van der Waals surface area contributed by atoms with Gasteiger partial charge in [0.15, 0.2) is 0 Å². The third-order valence-electron chi connectivity index (χ3n) is 2.60. The number of thioether (sulfide) groups is 1. The lowest BCUT2D eigenvalue weighted by atomic mass is 10.2. The number of aliphatic hydroxyl groups excluding tert-OH is 2. The van der Waals surface area contributed by atoms with Crippen molar-refractivity contribution in [2.75, 3.05) is 29.5 Å². The van der Waals surface area contributed by atoms with E-state index in [-0.39, 0.29) is 12.2 Å². The fraction of sp³-hybridized carbons (Fsp3) is 0.500. The maximum atomic E-state index is 9.79. The molecule has 2 atom stereocenters. The lowest BCUT2D eigenvalue weighted by Gasteiger charge is -2.31. The zero-order valence-corrected chi connectivity index (χ0v) is 9.94. The van der Waals surface area contributed by atoms with Gasteiger partial charge in [0.05, 0.1) is 12.2 Å². The second kappa shape index (κ2) is 5.57. The Morgan fingerprint density at radius 1 is 1.00 bits per heavy atom. The van der Waals surface area contributed by atoms with Crippen LogP contribution >= 0.6 is 11.8 Å². The summed E-state index contributed by atoms with van der Waals surface area (Å²) in [5, 5.41) is 19.6. The van der Waals surface area contributed by atoms with Gasteiger partial charge >= 0.3 is 0 Å². The summed E-state index contributed by atoms with van der Waals surface area (Å²) in [5.74, 6) is 1.39. The van der Waals surface area contributed by atoms with Gasteiger partial charge in [0.1, 0.15) is 0 Å². The molecule has 3 nitrogen and oxygen atoms in total. The van der Waals surface area contributed by atoms with Crippen LogP contribution in [0.25, 0.3) is 0 Å². The summed E-state index contributed by atoms with van der Waals surface area (Å²) < 4.78 is 0. The molecule has 88 valence electrons. The Morgan fingerprint density at radius 2 is 1.56 bits per heavy atom. The molecule has 1 saturated heterocycles. The Balaban J connectivity index is 2.10. The van der Waals surface area contributed by atoms with E-state index < -0.39 is 0 Å².